The molecule has 34 heavy (non-hydrogen) atoms. The fraction of sp³-hybridized carbons (Fsp3) is 0.542. The Labute approximate surface area is 206 Å². The molecule has 0 bridgehead atoms. The highest BCUT2D eigenvalue weighted by Crippen LogP contribution is 2.33. The van der Waals surface area contributed by atoms with Gasteiger partial charge in [-0.3, -0.25) is 9.69 Å². The number of anilines is 4. The lowest BCUT2D eigenvalue weighted by molar-refractivity contribution is 0.0982. The molecule has 1 aromatic heterocycles. The molecule has 2 aromatic rings. The van der Waals surface area contributed by atoms with E-state index in [1.807, 2.05) is 26.1 Å². The molecule has 4 rings (SSSR count). The van der Waals surface area contributed by atoms with Gasteiger partial charge >= 0.3 is 0 Å². The fourth-order valence-corrected chi connectivity index (χ4v) is 5.08. The second-order valence-electron chi connectivity index (χ2n) is 9.04. The number of carbonyl (C=O) groups excluding carboxylic acids is 1. The van der Waals surface area contributed by atoms with Gasteiger partial charge in [0.25, 0.3) is 5.91 Å². The van der Waals surface area contributed by atoms with E-state index in [4.69, 9.17) is 17.3 Å². The number of nitrogens with one attached hydrogen (secondary N) is 2. The van der Waals surface area contributed by atoms with E-state index in [0.717, 1.165) is 37.6 Å². The Balaban J connectivity index is 1.47. The zero-order valence-corrected chi connectivity index (χ0v) is 21.0. The summed E-state index contributed by atoms with van der Waals surface area (Å²) in [6, 6.07) is 6.77. The minimum Gasteiger partial charge on any atom is -0.386 e. The molecule has 0 aliphatic carbocycles. The molecule has 0 saturated carbocycles. The molecular weight excluding hydrogens is 452 g/mol. The van der Waals surface area contributed by atoms with Crippen molar-refractivity contribution >= 4 is 40.4 Å². The second-order valence-corrected chi connectivity index (χ2v) is 9.40. The first-order chi connectivity index (χ1) is 16.4. The van der Waals surface area contributed by atoms with Crippen LogP contribution in [-0.4, -0.2) is 85.1 Å². The summed E-state index contributed by atoms with van der Waals surface area (Å²) in [4.78, 5) is 28.1. The van der Waals surface area contributed by atoms with Crippen LogP contribution in [0.2, 0.25) is 5.15 Å². The van der Waals surface area contributed by atoms with Crippen molar-refractivity contribution in [1.29, 1.82) is 0 Å². The number of hydrogen-bond acceptors (Lipinski definition) is 8. The molecule has 10 heteroatoms. The summed E-state index contributed by atoms with van der Waals surface area (Å²) in [5.74, 6) is -0.382. The van der Waals surface area contributed by atoms with Crippen molar-refractivity contribution in [2.24, 2.45) is 5.73 Å². The molecule has 0 radical (unpaired) electrons. The molecular formula is C24H35ClN8O. The zero-order chi connectivity index (χ0) is 24.2. The van der Waals surface area contributed by atoms with E-state index in [1.54, 1.807) is 0 Å². The Hall–Kier alpha value is -2.62. The molecule has 184 valence electrons. The molecule has 2 fully saturated rings. The van der Waals surface area contributed by atoms with Crippen molar-refractivity contribution in [3.8, 4) is 0 Å². The molecule has 0 spiro atoms. The normalized spacial score (nSPS) is 18.2. The van der Waals surface area contributed by atoms with E-state index >= 15 is 0 Å². The third-order valence-corrected chi connectivity index (χ3v) is 7.18. The summed E-state index contributed by atoms with van der Waals surface area (Å²) >= 11 is 6.24. The molecule has 1 amide bonds. The van der Waals surface area contributed by atoms with Gasteiger partial charge in [-0.2, -0.15) is 0 Å². The summed E-state index contributed by atoms with van der Waals surface area (Å²) in [6.07, 6.45) is 2.91. The van der Waals surface area contributed by atoms with Gasteiger partial charge in [-0.25, -0.2) is 9.97 Å². The predicted octanol–water partition coefficient (Wildman–Crippen LogP) is 2.79. The molecule has 2 aliphatic heterocycles. The van der Waals surface area contributed by atoms with Crippen LogP contribution in [0.1, 0.15) is 35.9 Å². The third kappa shape index (κ3) is 5.37. The lowest BCUT2D eigenvalue weighted by atomic mass is 10.0. The van der Waals surface area contributed by atoms with E-state index in [0.29, 0.717) is 18.2 Å². The van der Waals surface area contributed by atoms with Crippen LogP contribution in [-0.2, 0) is 6.42 Å². The van der Waals surface area contributed by atoms with Gasteiger partial charge in [-0.1, -0.05) is 18.5 Å². The van der Waals surface area contributed by atoms with Gasteiger partial charge in [0.1, 0.15) is 0 Å². The third-order valence-electron chi connectivity index (χ3n) is 6.88. The number of piperazine rings is 1. The highest BCUT2D eigenvalue weighted by atomic mass is 35.5. The molecule has 2 saturated heterocycles. The SMILES string of the molecule is CCc1nc(C(N)=O)c(Nc2ccc(N3CCC(N4CCN(C)CC4)CC3)c(NC)c2)nc1Cl. The summed E-state index contributed by atoms with van der Waals surface area (Å²) in [7, 11) is 4.12. The number of hydrogen-bond donors (Lipinski definition) is 3. The maximum Gasteiger partial charge on any atom is 0.271 e. The van der Waals surface area contributed by atoms with E-state index in [2.05, 4.69) is 48.4 Å². The number of benzene rings is 1. The number of piperidine rings is 1. The smallest absolute Gasteiger partial charge is 0.271 e. The topological polar surface area (TPSA) is 103 Å². The average molecular weight is 487 g/mol. The van der Waals surface area contributed by atoms with Crippen LogP contribution < -0.4 is 21.3 Å². The number of rotatable bonds is 7. The highest BCUT2D eigenvalue weighted by Gasteiger charge is 2.27. The van der Waals surface area contributed by atoms with Crippen molar-refractivity contribution in [3.05, 3.63) is 34.7 Å². The Morgan fingerprint density at radius 2 is 1.85 bits per heavy atom. The molecule has 9 nitrogen and oxygen atoms in total. The van der Waals surface area contributed by atoms with Crippen molar-refractivity contribution in [2.75, 3.05) is 68.9 Å². The van der Waals surface area contributed by atoms with Crippen LogP contribution >= 0.6 is 11.6 Å². The standard InChI is InChI=1S/C24H35ClN8O/c1-4-18-22(25)30-24(21(29-18)23(26)34)28-16-5-6-20(19(15-16)27-2)33-9-7-17(8-10-33)32-13-11-31(3)12-14-32/h5-6,15,17,27H,4,7-14H2,1-3H3,(H2,26,34)(H,28,30). The maximum atomic E-state index is 11.9. The number of halogens is 1. The summed E-state index contributed by atoms with van der Waals surface area (Å²) in [5, 5.41) is 6.76. The van der Waals surface area contributed by atoms with Gasteiger partial charge in [-0.15, -0.1) is 0 Å². The molecule has 1 aromatic carbocycles. The Kier molecular flexibility index (Phi) is 7.75. The van der Waals surface area contributed by atoms with Gasteiger partial charge in [0.2, 0.25) is 0 Å². The lowest BCUT2D eigenvalue weighted by Gasteiger charge is -2.43. The number of carbonyl (C=O) groups is 1. The average Bonchev–Trinajstić information content (AvgIpc) is 2.84. The van der Waals surface area contributed by atoms with Crippen molar-refractivity contribution in [3.63, 3.8) is 0 Å². The van der Waals surface area contributed by atoms with Crippen LogP contribution in [0.4, 0.5) is 22.9 Å². The summed E-state index contributed by atoms with van der Waals surface area (Å²) in [6.45, 7) is 8.62. The molecule has 2 aliphatic rings. The number of amides is 1. The van der Waals surface area contributed by atoms with Gasteiger partial charge in [0.05, 0.1) is 17.1 Å². The maximum absolute atomic E-state index is 11.9. The fourth-order valence-electron chi connectivity index (χ4n) is 4.82. The van der Waals surface area contributed by atoms with E-state index < -0.39 is 5.91 Å². The first-order valence-electron chi connectivity index (χ1n) is 12.0. The zero-order valence-electron chi connectivity index (χ0n) is 20.3. The van der Waals surface area contributed by atoms with Crippen LogP contribution in [0.5, 0.6) is 0 Å². The van der Waals surface area contributed by atoms with Crippen molar-refractivity contribution in [1.82, 2.24) is 19.8 Å². The largest absolute Gasteiger partial charge is 0.386 e. The number of nitrogens with zero attached hydrogens (tertiary/aromatic N) is 5. The van der Waals surface area contributed by atoms with Gasteiger partial charge < -0.3 is 26.2 Å². The van der Waals surface area contributed by atoms with Crippen LogP contribution in [0, 0.1) is 0 Å². The predicted molar refractivity (Wildman–Crippen MR) is 139 cm³/mol. The Morgan fingerprint density at radius 3 is 2.47 bits per heavy atom. The summed E-state index contributed by atoms with van der Waals surface area (Å²) < 4.78 is 0. The first-order valence-corrected chi connectivity index (χ1v) is 12.4. The molecule has 4 N–H and O–H groups in total. The minimum absolute atomic E-state index is 0.0855. The van der Waals surface area contributed by atoms with Crippen LogP contribution in [0.25, 0.3) is 0 Å². The Bertz CT molecular complexity index is 1020. The Morgan fingerprint density at radius 1 is 1.15 bits per heavy atom. The highest BCUT2D eigenvalue weighted by molar-refractivity contribution is 6.30. The number of aryl methyl sites for hydroxylation is 1. The quantitative estimate of drug-likeness (QED) is 0.549. The summed E-state index contributed by atoms with van der Waals surface area (Å²) in [5.41, 5.74) is 9.13. The molecule has 0 unspecified atom stereocenters. The minimum atomic E-state index is -0.643. The van der Waals surface area contributed by atoms with Gasteiger partial charge in [-0.05, 0) is 44.5 Å². The van der Waals surface area contributed by atoms with Crippen LogP contribution in [0.3, 0.4) is 0 Å². The van der Waals surface area contributed by atoms with Crippen molar-refractivity contribution < 1.29 is 4.79 Å². The van der Waals surface area contributed by atoms with Crippen molar-refractivity contribution in [2.45, 2.75) is 32.2 Å². The van der Waals surface area contributed by atoms with Crippen LogP contribution in [0.15, 0.2) is 18.2 Å². The van der Waals surface area contributed by atoms with Gasteiger partial charge in [0.15, 0.2) is 16.7 Å². The second kappa shape index (κ2) is 10.8. The number of nitrogens with two attached hydrogens (primary N) is 1. The first kappa shape index (κ1) is 24.5. The monoisotopic (exact) mass is 486 g/mol. The van der Waals surface area contributed by atoms with E-state index in [-0.39, 0.29) is 16.7 Å². The number of likely N-dealkylation sites (N-methyl/N-ethyl adjacent to an activating group) is 1. The number of aromatic nitrogens is 2. The molecule has 3 heterocycles. The van der Waals surface area contributed by atoms with E-state index in [9.17, 15) is 4.79 Å². The van der Waals surface area contributed by atoms with Gasteiger partial charge in [0, 0.05) is 58.0 Å². The lowest BCUT2D eigenvalue weighted by Crippen LogP contribution is -2.52. The van der Waals surface area contributed by atoms with E-state index in [1.165, 1.54) is 31.6 Å². The number of primary amides is 1. The molecule has 0 atom stereocenters.